The van der Waals surface area contributed by atoms with Crippen LogP contribution in [0, 0.1) is 5.82 Å². The average Bonchev–Trinajstić information content (AvgIpc) is 2.64. The maximum absolute atomic E-state index is 13.9. The number of hydrogen-bond acceptors (Lipinski definition) is 2. The lowest BCUT2D eigenvalue weighted by Gasteiger charge is -2.27. The van der Waals surface area contributed by atoms with Crippen LogP contribution in [0.2, 0.25) is 0 Å². The number of nitrogens with zero attached hydrogens (tertiary/aromatic N) is 2. The number of nitrogens with one attached hydrogen (secondary N) is 1. The van der Waals surface area contributed by atoms with Gasteiger partial charge in [-0.05, 0) is 18.2 Å². The van der Waals surface area contributed by atoms with Crippen LogP contribution in [0.5, 0.6) is 0 Å². The van der Waals surface area contributed by atoms with E-state index in [-0.39, 0.29) is 5.82 Å². The van der Waals surface area contributed by atoms with E-state index in [1.54, 1.807) is 12.4 Å². The van der Waals surface area contributed by atoms with Crippen molar-refractivity contribution in [1.82, 2.24) is 14.9 Å². The zero-order chi connectivity index (χ0) is 11.8. The van der Waals surface area contributed by atoms with Gasteiger partial charge in [0.2, 0.25) is 0 Å². The van der Waals surface area contributed by atoms with E-state index in [9.17, 15) is 4.39 Å². The Morgan fingerprint density at radius 2 is 2.24 bits per heavy atom. The molecule has 1 saturated heterocycles. The molecule has 0 amide bonds. The number of hydrogen-bond donors (Lipinski definition) is 1. The zero-order valence-electron chi connectivity index (χ0n) is 9.03. The van der Waals surface area contributed by atoms with Crippen molar-refractivity contribution in [2.45, 2.75) is 5.92 Å². The normalized spacial score (nSPS) is 15.9. The Hall–Kier alpha value is -1.20. The van der Waals surface area contributed by atoms with E-state index in [0.29, 0.717) is 11.6 Å². The van der Waals surface area contributed by atoms with Gasteiger partial charge in [-0.3, -0.25) is 4.57 Å². The summed E-state index contributed by atoms with van der Waals surface area (Å²) in [6.07, 6.45) is 3.48. The molecule has 1 fully saturated rings. The van der Waals surface area contributed by atoms with Gasteiger partial charge < -0.3 is 5.32 Å². The summed E-state index contributed by atoms with van der Waals surface area (Å²) in [5, 5.41) is 3.21. The molecule has 1 N–H and O–H groups in total. The van der Waals surface area contributed by atoms with Crippen LogP contribution in [-0.4, -0.2) is 22.6 Å². The Bertz CT molecular complexity index is 548. The number of benzene rings is 1. The lowest BCUT2D eigenvalue weighted by atomic mass is 10.00. The summed E-state index contributed by atoms with van der Waals surface area (Å²) in [5.41, 5.74) is 1.61. The van der Waals surface area contributed by atoms with Crippen molar-refractivity contribution < 1.29 is 4.39 Å². The molecule has 1 aliphatic heterocycles. The lowest BCUT2D eigenvalue weighted by molar-refractivity contribution is 0.434. The molecule has 3 nitrogen and oxygen atoms in total. The molecule has 0 atom stereocenters. The highest BCUT2D eigenvalue weighted by molar-refractivity contribution is 9.10. The molecule has 2 heterocycles. The first kappa shape index (κ1) is 10.9. The fourth-order valence-corrected chi connectivity index (χ4v) is 2.32. The zero-order valence-corrected chi connectivity index (χ0v) is 10.6. The molecule has 0 unspecified atom stereocenters. The highest BCUT2D eigenvalue weighted by atomic mass is 79.9. The van der Waals surface area contributed by atoms with Gasteiger partial charge in [-0.1, -0.05) is 15.9 Å². The van der Waals surface area contributed by atoms with Gasteiger partial charge in [0.25, 0.3) is 0 Å². The van der Waals surface area contributed by atoms with Gasteiger partial charge in [0, 0.05) is 35.4 Å². The summed E-state index contributed by atoms with van der Waals surface area (Å²) in [4.78, 5) is 4.12. The van der Waals surface area contributed by atoms with Crippen LogP contribution < -0.4 is 5.32 Å². The van der Waals surface area contributed by atoms with E-state index in [2.05, 4.69) is 26.2 Å². The molecule has 0 spiro atoms. The smallest absolute Gasteiger partial charge is 0.148 e. The monoisotopic (exact) mass is 295 g/mol. The first-order valence-electron chi connectivity index (χ1n) is 5.44. The summed E-state index contributed by atoms with van der Waals surface area (Å²) in [6, 6.07) is 5.07. The summed E-state index contributed by atoms with van der Waals surface area (Å²) >= 11 is 3.26. The number of aromatic nitrogens is 2. The molecule has 88 valence electrons. The molecular weight excluding hydrogens is 285 g/mol. The number of imidazole rings is 1. The lowest BCUT2D eigenvalue weighted by Crippen LogP contribution is -2.40. The Labute approximate surface area is 107 Å². The molecule has 1 aromatic heterocycles. The third-order valence-corrected chi connectivity index (χ3v) is 3.53. The van der Waals surface area contributed by atoms with Gasteiger partial charge in [-0.25, -0.2) is 9.37 Å². The van der Waals surface area contributed by atoms with Gasteiger partial charge in [0.15, 0.2) is 0 Å². The Morgan fingerprint density at radius 1 is 1.41 bits per heavy atom. The van der Waals surface area contributed by atoms with Crippen molar-refractivity contribution in [3.05, 3.63) is 46.7 Å². The maximum Gasteiger partial charge on any atom is 0.148 e. The minimum Gasteiger partial charge on any atom is -0.315 e. The van der Waals surface area contributed by atoms with Gasteiger partial charge in [0.05, 0.1) is 12.0 Å². The summed E-state index contributed by atoms with van der Waals surface area (Å²) in [6.45, 7) is 1.87. The molecule has 1 aliphatic rings. The van der Waals surface area contributed by atoms with Crippen molar-refractivity contribution in [3.63, 3.8) is 0 Å². The van der Waals surface area contributed by atoms with Crippen molar-refractivity contribution >= 4 is 15.9 Å². The fraction of sp³-hybridized carbons (Fsp3) is 0.250. The third-order valence-electron chi connectivity index (χ3n) is 3.04. The predicted molar refractivity (Wildman–Crippen MR) is 66.8 cm³/mol. The van der Waals surface area contributed by atoms with Gasteiger partial charge in [-0.15, -0.1) is 0 Å². The minimum absolute atomic E-state index is 0.245. The van der Waals surface area contributed by atoms with Gasteiger partial charge in [-0.2, -0.15) is 0 Å². The van der Waals surface area contributed by atoms with Crippen LogP contribution in [0.25, 0.3) is 5.69 Å². The van der Waals surface area contributed by atoms with Crippen molar-refractivity contribution in [3.8, 4) is 5.69 Å². The molecular formula is C12H11BrFN3. The van der Waals surface area contributed by atoms with E-state index in [1.807, 2.05) is 16.8 Å². The van der Waals surface area contributed by atoms with E-state index in [0.717, 1.165) is 23.3 Å². The quantitative estimate of drug-likeness (QED) is 0.922. The minimum atomic E-state index is -0.245. The highest BCUT2D eigenvalue weighted by Crippen LogP contribution is 2.25. The van der Waals surface area contributed by atoms with Crippen molar-refractivity contribution in [2.75, 3.05) is 13.1 Å². The first-order chi connectivity index (χ1) is 8.25. The predicted octanol–water partition coefficient (Wildman–Crippen LogP) is 2.46. The molecule has 0 saturated carbocycles. The van der Waals surface area contributed by atoms with Crippen LogP contribution in [-0.2, 0) is 0 Å². The van der Waals surface area contributed by atoms with Crippen LogP contribution in [0.4, 0.5) is 4.39 Å². The topological polar surface area (TPSA) is 29.9 Å². The molecule has 3 rings (SSSR count). The van der Waals surface area contributed by atoms with Crippen LogP contribution >= 0.6 is 15.9 Å². The third kappa shape index (κ3) is 1.89. The summed E-state index contributed by atoms with van der Waals surface area (Å²) in [5.74, 6) is 0.187. The Balaban J connectivity index is 2.05. The molecule has 2 aromatic rings. The van der Waals surface area contributed by atoms with Crippen LogP contribution in [0.15, 0.2) is 35.2 Å². The highest BCUT2D eigenvalue weighted by Gasteiger charge is 2.23. The van der Waals surface area contributed by atoms with E-state index in [1.165, 1.54) is 6.07 Å². The Morgan fingerprint density at radius 3 is 2.88 bits per heavy atom. The van der Waals surface area contributed by atoms with E-state index < -0.39 is 0 Å². The largest absolute Gasteiger partial charge is 0.315 e. The summed E-state index contributed by atoms with van der Waals surface area (Å²) < 4.78 is 16.5. The second kappa shape index (κ2) is 4.23. The van der Waals surface area contributed by atoms with E-state index >= 15 is 0 Å². The second-order valence-electron chi connectivity index (χ2n) is 4.14. The van der Waals surface area contributed by atoms with Gasteiger partial charge >= 0.3 is 0 Å². The van der Waals surface area contributed by atoms with E-state index in [4.69, 9.17) is 0 Å². The van der Waals surface area contributed by atoms with Gasteiger partial charge in [0.1, 0.15) is 5.82 Å². The molecule has 1 aromatic carbocycles. The molecule has 0 bridgehead atoms. The first-order valence-corrected chi connectivity index (χ1v) is 6.23. The summed E-state index contributed by atoms with van der Waals surface area (Å²) in [7, 11) is 0. The number of halogens is 2. The standard InChI is InChI=1S/C12H11BrFN3/c13-9-1-2-11(10(14)3-9)17-7-16-6-12(17)8-4-15-5-8/h1-3,6-8,15H,4-5H2. The molecule has 0 aliphatic carbocycles. The van der Waals surface area contributed by atoms with Crippen molar-refractivity contribution in [1.29, 1.82) is 0 Å². The molecule has 17 heavy (non-hydrogen) atoms. The van der Waals surface area contributed by atoms with Crippen LogP contribution in [0.3, 0.4) is 0 Å². The van der Waals surface area contributed by atoms with Crippen molar-refractivity contribution in [2.24, 2.45) is 0 Å². The fourth-order valence-electron chi connectivity index (χ4n) is 1.98. The maximum atomic E-state index is 13.9. The average molecular weight is 296 g/mol. The second-order valence-corrected chi connectivity index (χ2v) is 5.06. The molecule has 0 radical (unpaired) electrons. The molecule has 5 heteroatoms. The van der Waals surface area contributed by atoms with Crippen LogP contribution in [0.1, 0.15) is 11.6 Å². The SMILES string of the molecule is Fc1cc(Br)ccc1-n1cncc1C1CNC1. The Kier molecular flexibility index (Phi) is 2.72. The number of rotatable bonds is 2.